The molecule has 0 spiro atoms. The zero-order valence-corrected chi connectivity index (χ0v) is 25.3. The molecule has 2 aromatic carbocycles. The molecule has 0 unspecified atom stereocenters. The molecule has 3 aromatic heterocycles. The maximum absolute atomic E-state index is 14.4. The highest BCUT2D eigenvalue weighted by atomic mass is 35.5. The van der Waals surface area contributed by atoms with E-state index in [4.69, 9.17) is 16.7 Å². The number of rotatable bonds is 5. The van der Waals surface area contributed by atoms with Crippen molar-refractivity contribution in [3.05, 3.63) is 98.3 Å². The van der Waals surface area contributed by atoms with Crippen molar-refractivity contribution < 1.29 is 18.0 Å². The van der Waals surface area contributed by atoms with Gasteiger partial charge in [-0.25, -0.2) is 4.52 Å². The zero-order chi connectivity index (χ0) is 31.6. The Hall–Kier alpha value is -4.45. The normalized spacial score (nSPS) is 17.0. The second-order valence-electron chi connectivity index (χ2n) is 12.0. The first kappa shape index (κ1) is 29.3. The quantitative estimate of drug-likeness (QED) is 0.241. The Labute approximate surface area is 260 Å². The summed E-state index contributed by atoms with van der Waals surface area (Å²) in [6, 6.07) is 10.3. The minimum Gasteiger partial charge on any atom is -0.330 e. The topological polar surface area (TPSA) is 90.3 Å². The summed E-state index contributed by atoms with van der Waals surface area (Å²) in [5.74, 6) is 0.622. The van der Waals surface area contributed by atoms with E-state index in [0.717, 1.165) is 42.5 Å². The van der Waals surface area contributed by atoms with E-state index in [-0.39, 0.29) is 24.1 Å². The fourth-order valence-corrected chi connectivity index (χ4v) is 6.62. The number of hydrogen-bond acceptors (Lipinski definition) is 5. The molecule has 7 rings (SSSR count). The molecule has 1 fully saturated rings. The molecule has 2 aliphatic rings. The summed E-state index contributed by atoms with van der Waals surface area (Å²) in [6.45, 7) is 1.80. The number of aryl methyl sites for hydroxylation is 1. The molecule has 232 valence electrons. The average molecular weight is 636 g/mol. The summed E-state index contributed by atoms with van der Waals surface area (Å²) in [5, 5.41) is 12.4. The molecule has 0 radical (unpaired) electrons. The van der Waals surface area contributed by atoms with Crippen LogP contribution in [0.1, 0.15) is 58.9 Å². The molecule has 0 N–H and O–H groups in total. The number of alkyl halides is 3. The van der Waals surface area contributed by atoms with Crippen LogP contribution in [0.4, 0.5) is 13.2 Å². The van der Waals surface area contributed by atoms with Crippen LogP contribution < -0.4 is 5.56 Å². The highest BCUT2D eigenvalue weighted by molar-refractivity contribution is 6.31. The average Bonchev–Trinajstić information content (AvgIpc) is 3.61. The monoisotopic (exact) mass is 635 g/mol. The van der Waals surface area contributed by atoms with E-state index < -0.39 is 28.7 Å². The van der Waals surface area contributed by atoms with Gasteiger partial charge in [-0.1, -0.05) is 30.9 Å². The minimum absolute atomic E-state index is 0.0154. The van der Waals surface area contributed by atoms with E-state index in [1.54, 1.807) is 28.5 Å². The molecule has 0 bridgehead atoms. The van der Waals surface area contributed by atoms with Crippen LogP contribution in [-0.2, 0) is 32.6 Å². The summed E-state index contributed by atoms with van der Waals surface area (Å²) in [6.07, 6.45) is 3.08. The Morgan fingerprint density at radius 1 is 1.11 bits per heavy atom. The number of fused-ring (bicyclic) bond motifs is 3. The molecule has 5 aromatic rings. The van der Waals surface area contributed by atoms with Gasteiger partial charge in [0.25, 0.3) is 11.5 Å². The number of amides is 1. The van der Waals surface area contributed by atoms with Crippen molar-refractivity contribution in [2.24, 2.45) is 13.0 Å². The number of nitrogens with zero attached hydrogens (tertiary/aromatic N) is 7. The van der Waals surface area contributed by atoms with Crippen molar-refractivity contribution in [3.8, 4) is 17.1 Å². The smallest absolute Gasteiger partial charge is 0.330 e. The van der Waals surface area contributed by atoms with Crippen molar-refractivity contribution in [2.45, 2.75) is 57.8 Å². The lowest BCUT2D eigenvalue weighted by Crippen LogP contribution is -2.46. The molecule has 4 heterocycles. The molecule has 1 amide bonds. The number of carbonyl (C=O) groups excluding carboxylic acids is 1. The molecule has 13 heteroatoms. The number of halogens is 4. The van der Waals surface area contributed by atoms with Crippen LogP contribution in [0.15, 0.2) is 59.8 Å². The van der Waals surface area contributed by atoms with Crippen molar-refractivity contribution in [2.75, 3.05) is 0 Å². The Morgan fingerprint density at radius 2 is 1.87 bits per heavy atom. The van der Waals surface area contributed by atoms with E-state index in [9.17, 15) is 22.8 Å². The van der Waals surface area contributed by atoms with Gasteiger partial charge in [0.15, 0.2) is 5.82 Å². The standard InChI is InChI=1S/C32H29ClF3N7O2/c1-18-12-24-27(16-41(18)30(44)21-8-11-26(33)25(14-21)32(34,35)36)43-29(22(15-38-43)13-19-4-3-5-19)42(31(24)45)23-9-6-20(7-10-23)28-39-37-17-40(28)2/h6-11,14-15,17-19H,3-5,12-13,16H2,1-2H3/t18-/m1/s1. The van der Waals surface area contributed by atoms with Gasteiger partial charge in [-0.15, -0.1) is 10.2 Å². The summed E-state index contributed by atoms with van der Waals surface area (Å²) in [5.41, 5.74) is 2.75. The molecule has 45 heavy (non-hydrogen) atoms. The lowest BCUT2D eigenvalue weighted by molar-refractivity contribution is -0.137. The maximum atomic E-state index is 14.4. The molecule has 1 saturated carbocycles. The summed E-state index contributed by atoms with van der Waals surface area (Å²) >= 11 is 5.81. The Bertz CT molecular complexity index is 2010. The van der Waals surface area contributed by atoms with Crippen LogP contribution in [0.25, 0.3) is 22.7 Å². The van der Waals surface area contributed by atoms with Crippen LogP contribution in [0.5, 0.6) is 0 Å². The number of hydrogen-bond donors (Lipinski definition) is 0. The van der Waals surface area contributed by atoms with Gasteiger partial charge in [-0.05, 0) is 68.1 Å². The van der Waals surface area contributed by atoms with Crippen molar-refractivity contribution in [1.82, 2.24) is 33.8 Å². The van der Waals surface area contributed by atoms with Gasteiger partial charge in [0, 0.05) is 35.3 Å². The van der Waals surface area contributed by atoms with Crippen molar-refractivity contribution in [1.29, 1.82) is 0 Å². The first-order valence-corrected chi connectivity index (χ1v) is 15.1. The van der Waals surface area contributed by atoms with Gasteiger partial charge < -0.3 is 9.47 Å². The molecule has 9 nitrogen and oxygen atoms in total. The van der Waals surface area contributed by atoms with Crippen LogP contribution in [0, 0.1) is 5.92 Å². The van der Waals surface area contributed by atoms with Gasteiger partial charge in [0.2, 0.25) is 0 Å². The first-order chi connectivity index (χ1) is 21.5. The van der Waals surface area contributed by atoms with Crippen molar-refractivity contribution in [3.63, 3.8) is 0 Å². The first-order valence-electron chi connectivity index (χ1n) is 14.8. The SMILES string of the molecule is C[C@@H]1Cc2c(n3ncc(CC4CCC4)c3n(-c3ccc(-c4nncn4C)cc3)c2=O)CN1C(=O)c1ccc(Cl)c(C(F)(F)F)c1. The number of aromatic nitrogens is 6. The van der Waals surface area contributed by atoms with E-state index in [0.29, 0.717) is 34.3 Å². The lowest BCUT2D eigenvalue weighted by Gasteiger charge is -2.35. The van der Waals surface area contributed by atoms with E-state index >= 15 is 0 Å². The largest absolute Gasteiger partial charge is 0.417 e. The third-order valence-corrected chi connectivity index (χ3v) is 9.38. The summed E-state index contributed by atoms with van der Waals surface area (Å²) in [4.78, 5) is 29.5. The number of benzene rings is 2. The fourth-order valence-electron chi connectivity index (χ4n) is 6.39. The van der Waals surface area contributed by atoms with E-state index in [2.05, 4.69) is 10.2 Å². The van der Waals surface area contributed by atoms with Gasteiger partial charge in [0.05, 0.1) is 34.7 Å². The van der Waals surface area contributed by atoms with Gasteiger partial charge in [0.1, 0.15) is 12.0 Å². The van der Waals surface area contributed by atoms with E-state index in [1.807, 2.05) is 35.9 Å². The van der Waals surface area contributed by atoms with Crippen LogP contribution in [0.3, 0.4) is 0 Å². The predicted molar refractivity (Wildman–Crippen MR) is 161 cm³/mol. The molecule has 1 aliphatic heterocycles. The van der Waals surface area contributed by atoms with Crippen LogP contribution >= 0.6 is 11.6 Å². The Kier molecular flexibility index (Phi) is 7.07. The molecule has 1 atom stereocenters. The fraction of sp³-hybridized carbons (Fsp3) is 0.344. The number of carbonyl (C=O) groups is 1. The van der Waals surface area contributed by atoms with Crippen molar-refractivity contribution >= 4 is 23.2 Å². The molecule has 0 saturated heterocycles. The predicted octanol–water partition coefficient (Wildman–Crippen LogP) is 5.88. The molecular formula is C32H29ClF3N7O2. The second kappa shape index (κ2) is 10.9. The minimum atomic E-state index is -4.71. The van der Waals surface area contributed by atoms with Gasteiger partial charge >= 0.3 is 6.18 Å². The van der Waals surface area contributed by atoms with Gasteiger partial charge in [-0.2, -0.15) is 18.3 Å². The molecular weight excluding hydrogens is 607 g/mol. The highest BCUT2D eigenvalue weighted by Gasteiger charge is 2.37. The zero-order valence-electron chi connectivity index (χ0n) is 24.6. The third-order valence-electron chi connectivity index (χ3n) is 9.05. The third kappa shape index (κ3) is 5.01. The maximum Gasteiger partial charge on any atom is 0.417 e. The Balaban J connectivity index is 1.33. The van der Waals surface area contributed by atoms with Gasteiger partial charge in [-0.3, -0.25) is 14.2 Å². The van der Waals surface area contributed by atoms with E-state index in [1.165, 1.54) is 17.4 Å². The van der Waals surface area contributed by atoms with Crippen LogP contribution in [0.2, 0.25) is 5.02 Å². The molecule has 1 aliphatic carbocycles. The second-order valence-corrected chi connectivity index (χ2v) is 12.4. The van der Waals surface area contributed by atoms with Crippen LogP contribution in [-0.4, -0.2) is 45.8 Å². The Morgan fingerprint density at radius 3 is 2.51 bits per heavy atom. The lowest BCUT2D eigenvalue weighted by atomic mass is 9.81. The summed E-state index contributed by atoms with van der Waals surface area (Å²) < 4.78 is 46.0. The highest BCUT2D eigenvalue weighted by Crippen LogP contribution is 2.36. The summed E-state index contributed by atoms with van der Waals surface area (Å²) in [7, 11) is 1.86.